The number of amides is 2. The molecule has 2 heterocycles. The van der Waals surface area contributed by atoms with Crippen LogP contribution in [0.1, 0.15) is 18.4 Å². The summed E-state index contributed by atoms with van der Waals surface area (Å²) >= 11 is 3.40. The largest absolute Gasteiger partial charge is 0.491 e. The molecule has 0 radical (unpaired) electrons. The van der Waals surface area contributed by atoms with Gasteiger partial charge in [0.25, 0.3) is 0 Å². The topological polar surface area (TPSA) is 111 Å². The number of ether oxygens (including phenoxy) is 3. The number of piperidine rings is 1. The van der Waals surface area contributed by atoms with Crippen molar-refractivity contribution < 1.29 is 28.2 Å². The number of carbonyl (C=O) groups is 2. The third-order valence-electron chi connectivity index (χ3n) is 7.13. The first-order valence-electron chi connectivity index (χ1n) is 14.0. The second-order valence-corrected chi connectivity index (χ2v) is 11.1. The molecule has 0 aliphatic carbocycles. The van der Waals surface area contributed by atoms with Crippen LogP contribution in [0.25, 0.3) is 10.9 Å². The highest BCUT2D eigenvalue weighted by atomic mass is 79.9. The fourth-order valence-corrected chi connectivity index (χ4v) is 5.31. The average molecular weight is 652 g/mol. The molecule has 9 nitrogen and oxygen atoms in total. The monoisotopic (exact) mass is 650 g/mol. The highest BCUT2D eigenvalue weighted by Gasteiger charge is 2.19. The first-order chi connectivity index (χ1) is 20.9. The van der Waals surface area contributed by atoms with Crippen LogP contribution in [-0.2, 0) is 16.0 Å². The Labute approximate surface area is 257 Å². The number of aromatic nitrogens is 1. The van der Waals surface area contributed by atoms with E-state index in [4.69, 9.17) is 14.2 Å². The first kappa shape index (κ1) is 30.2. The Morgan fingerprint density at radius 2 is 1.84 bits per heavy atom. The molecular weight excluding hydrogens is 619 g/mol. The summed E-state index contributed by atoms with van der Waals surface area (Å²) in [6.07, 6.45) is 4.22. The molecule has 0 saturated carbocycles. The zero-order valence-corrected chi connectivity index (χ0v) is 25.2. The van der Waals surface area contributed by atoms with Crippen LogP contribution >= 0.6 is 15.9 Å². The second kappa shape index (κ2) is 14.3. The van der Waals surface area contributed by atoms with Gasteiger partial charge >= 0.3 is 11.8 Å². The second-order valence-electron chi connectivity index (χ2n) is 10.1. The summed E-state index contributed by atoms with van der Waals surface area (Å²) in [6.45, 7) is 2.83. The molecule has 0 spiro atoms. The molecule has 43 heavy (non-hydrogen) atoms. The molecule has 1 aliphatic heterocycles. The van der Waals surface area contributed by atoms with Gasteiger partial charge in [-0.05, 0) is 86.3 Å². The Hall–Kier alpha value is -4.22. The summed E-state index contributed by atoms with van der Waals surface area (Å²) in [4.78, 5) is 29.1. The number of carbonyl (C=O) groups excluding carboxylic acids is 2. The van der Waals surface area contributed by atoms with Crippen molar-refractivity contribution in [3.05, 3.63) is 82.7 Å². The first-order valence-corrected chi connectivity index (χ1v) is 14.8. The average Bonchev–Trinajstić information content (AvgIpc) is 3.01. The van der Waals surface area contributed by atoms with E-state index in [9.17, 15) is 9.59 Å². The number of halogens is 2. The maximum absolute atomic E-state index is 15.1. The highest BCUT2D eigenvalue weighted by Crippen LogP contribution is 2.40. The van der Waals surface area contributed by atoms with Gasteiger partial charge < -0.3 is 30.2 Å². The van der Waals surface area contributed by atoms with E-state index in [-0.39, 0.29) is 18.0 Å². The molecule has 1 aliphatic rings. The predicted octanol–water partition coefficient (Wildman–Crippen LogP) is 5.61. The van der Waals surface area contributed by atoms with Gasteiger partial charge in [0.05, 0.1) is 13.7 Å². The molecule has 224 valence electrons. The molecular formula is C32H32BrFN4O5. The van der Waals surface area contributed by atoms with E-state index < -0.39 is 17.6 Å². The Morgan fingerprint density at radius 3 is 2.60 bits per heavy atom. The minimum Gasteiger partial charge on any atom is -0.491 e. The number of fused-ring (bicyclic) bond motifs is 1. The molecule has 0 atom stereocenters. The predicted molar refractivity (Wildman–Crippen MR) is 165 cm³/mol. The number of rotatable bonds is 10. The minimum atomic E-state index is -0.896. The SMILES string of the molecule is COc1c(OCC2CCNCC2)ccc2c(Oc3ccc(NC(=O)C(=O)NCCc4cccc(Br)c4)cc3F)ccnc12. The summed E-state index contributed by atoms with van der Waals surface area (Å²) in [5.74, 6) is -0.585. The molecule has 1 saturated heterocycles. The van der Waals surface area contributed by atoms with Crippen LogP contribution in [0, 0.1) is 11.7 Å². The number of hydrogen-bond acceptors (Lipinski definition) is 7. The van der Waals surface area contributed by atoms with Gasteiger partial charge in [0, 0.05) is 34.4 Å². The number of nitrogens with zero attached hydrogens (tertiary/aromatic N) is 1. The van der Waals surface area contributed by atoms with Gasteiger partial charge in [-0.25, -0.2) is 4.39 Å². The normalized spacial score (nSPS) is 13.4. The van der Waals surface area contributed by atoms with Crippen LogP contribution in [0.3, 0.4) is 0 Å². The maximum atomic E-state index is 15.1. The van der Waals surface area contributed by atoms with Crippen LogP contribution in [-0.4, -0.2) is 50.1 Å². The number of nitrogens with one attached hydrogen (secondary N) is 3. The third-order valence-corrected chi connectivity index (χ3v) is 7.63. The van der Waals surface area contributed by atoms with Crippen LogP contribution in [0.2, 0.25) is 0 Å². The van der Waals surface area contributed by atoms with Crippen molar-refractivity contribution in [3.8, 4) is 23.0 Å². The van der Waals surface area contributed by atoms with Crippen molar-refractivity contribution in [2.45, 2.75) is 19.3 Å². The van der Waals surface area contributed by atoms with Crippen LogP contribution in [0.15, 0.2) is 71.3 Å². The molecule has 0 unspecified atom stereocenters. The Morgan fingerprint density at radius 1 is 1.02 bits per heavy atom. The summed E-state index contributed by atoms with van der Waals surface area (Å²) < 4.78 is 33.6. The summed E-state index contributed by atoms with van der Waals surface area (Å²) in [5, 5.41) is 8.96. The summed E-state index contributed by atoms with van der Waals surface area (Å²) in [7, 11) is 1.55. The summed E-state index contributed by atoms with van der Waals surface area (Å²) in [5.41, 5.74) is 1.65. The third kappa shape index (κ3) is 7.79. The van der Waals surface area contributed by atoms with E-state index >= 15 is 4.39 Å². The fraction of sp³-hybridized carbons (Fsp3) is 0.281. The van der Waals surface area contributed by atoms with Crippen molar-refractivity contribution in [1.29, 1.82) is 0 Å². The Bertz CT molecular complexity index is 1610. The molecule has 3 N–H and O–H groups in total. The Balaban J connectivity index is 1.22. The van der Waals surface area contributed by atoms with Crippen molar-refractivity contribution >= 4 is 44.3 Å². The lowest BCUT2D eigenvalue weighted by Gasteiger charge is -2.23. The standard InChI is InChI=1S/C32H32BrFN4O5/c1-41-30-28(42-19-21-9-13-35-14-10-21)8-6-24-26(12-16-36-29(24)30)43-27-7-5-23(18-25(27)34)38-32(40)31(39)37-15-11-20-3-2-4-22(33)17-20/h2-8,12,16-18,21,35H,9-11,13-15,19H2,1H3,(H,37,39)(H,38,40). The van der Waals surface area contributed by atoms with Crippen molar-refractivity contribution in [2.75, 3.05) is 38.7 Å². The van der Waals surface area contributed by atoms with Crippen molar-refractivity contribution in [1.82, 2.24) is 15.6 Å². The summed E-state index contributed by atoms with van der Waals surface area (Å²) in [6, 6.07) is 16.8. The lowest BCUT2D eigenvalue weighted by Crippen LogP contribution is -2.36. The number of benzene rings is 3. The molecule has 1 aromatic heterocycles. The van der Waals surface area contributed by atoms with Gasteiger partial charge in [-0.15, -0.1) is 0 Å². The molecule has 11 heteroatoms. The van der Waals surface area contributed by atoms with Crippen LogP contribution < -0.4 is 30.2 Å². The van der Waals surface area contributed by atoms with Gasteiger partial charge in [-0.2, -0.15) is 0 Å². The lowest BCUT2D eigenvalue weighted by atomic mass is 9.99. The zero-order chi connectivity index (χ0) is 30.2. The van der Waals surface area contributed by atoms with E-state index in [2.05, 4.69) is 36.9 Å². The van der Waals surface area contributed by atoms with Crippen molar-refractivity contribution in [3.63, 3.8) is 0 Å². The van der Waals surface area contributed by atoms with Gasteiger partial charge in [0.1, 0.15) is 11.3 Å². The Kier molecular flexibility index (Phi) is 10.1. The smallest absolute Gasteiger partial charge is 0.313 e. The van der Waals surface area contributed by atoms with E-state index in [0.29, 0.717) is 47.1 Å². The van der Waals surface area contributed by atoms with Crippen LogP contribution in [0.4, 0.5) is 10.1 Å². The van der Waals surface area contributed by atoms with Gasteiger partial charge in [0.2, 0.25) is 0 Å². The number of anilines is 1. The van der Waals surface area contributed by atoms with Gasteiger partial charge in [-0.3, -0.25) is 14.6 Å². The molecule has 2 amide bonds. The minimum absolute atomic E-state index is 0.0610. The van der Waals surface area contributed by atoms with E-state index in [1.165, 1.54) is 12.1 Å². The van der Waals surface area contributed by atoms with Crippen molar-refractivity contribution in [2.24, 2.45) is 5.92 Å². The van der Waals surface area contributed by atoms with E-state index in [0.717, 1.165) is 42.0 Å². The number of hydrogen-bond donors (Lipinski definition) is 3. The molecule has 5 rings (SSSR count). The molecule has 1 fully saturated rings. The number of pyridine rings is 1. The maximum Gasteiger partial charge on any atom is 0.313 e. The number of methoxy groups -OCH3 is 1. The quantitative estimate of drug-likeness (QED) is 0.191. The molecule has 3 aromatic carbocycles. The van der Waals surface area contributed by atoms with Gasteiger partial charge in [0.15, 0.2) is 23.1 Å². The lowest BCUT2D eigenvalue weighted by molar-refractivity contribution is -0.136. The van der Waals surface area contributed by atoms with E-state index in [1.54, 1.807) is 31.5 Å². The highest BCUT2D eigenvalue weighted by molar-refractivity contribution is 9.10. The van der Waals surface area contributed by atoms with Crippen LogP contribution in [0.5, 0.6) is 23.0 Å². The van der Waals surface area contributed by atoms with Gasteiger partial charge in [-0.1, -0.05) is 28.1 Å². The molecule has 4 aromatic rings. The zero-order valence-electron chi connectivity index (χ0n) is 23.6. The molecule has 0 bridgehead atoms. The fourth-order valence-electron chi connectivity index (χ4n) is 4.87. The van der Waals surface area contributed by atoms with E-state index in [1.807, 2.05) is 24.3 Å².